The fourth-order valence-corrected chi connectivity index (χ4v) is 4.71. The van der Waals surface area contributed by atoms with E-state index in [4.69, 9.17) is 0 Å². The maximum atomic E-state index is 12.5. The molecule has 0 radical (unpaired) electrons. The number of phenolic OH excluding ortho intramolecular Hbond substituents is 1. The molecule has 0 saturated heterocycles. The summed E-state index contributed by atoms with van der Waals surface area (Å²) in [5.41, 5.74) is 0.895. The number of aliphatic hydroxyl groups is 1. The van der Waals surface area contributed by atoms with Crippen molar-refractivity contribution < 1.29 is 29.7 Å². The van der Waals surface area contributed by atoms with Crippen molar-refractivity contribution in [3.63, 3.8) is 0 Å². The van der Waals surface area contributed by atoms with Gasteiger partial charge in [-0.1, -0.05) is 15.9 Å². The highest BCUT2D eigenvalue weighted by molar-refractivity contribution is 14.1. The average Bonchev–Trinajstić information content (AvgIpc) is 2.81. The topological polar surface area (TPSA) is 185 Å². The van der Waals surface area contributed by atoms with E-state index in [2.05, 4.69) is 47.2 Å². The number of halogens is 2. The van der Waals surface area contributed by atoms with Gasteiger partial charge in [0, 0.05) is 22.8 Å². The van der Waals surface area contributed by atoms with Gasteiger partial charge in [0.25, 0.3) is 5.91 Å². The summed E-state index contributed by atoms with van der Waals surface area (Å²) in [6.45, 7) is 0.163. The van der Waals surface area contributed by atoms with Gasteiger partial charge < -0.3 is 36.6 Å². The number of carbonyl (C=O) groups excluding carboxylic acids is 2. The number of carbonyl (C=O) groups is 3. The van der Waals surface area contributed by atoms with Crippen LogP contribution in [0.4, 0.5) is 5.69 Å². The van der Waals surface area contributed by atoms with Crippen LogP contribution < -0.4 is 21.3 Å². The van der Waals surface area contributed by atoms with E-state index in [1.165, 1.54) is 24.5 Å². The molecule has 0 spiro atoms. The molecule has 0 saturated carbocycles. The van der Waals surface area contributed by atoms with Crippen LogP contribution in [-0.4, -0.2) is 69.8 Å². The van der Waals surface area contributed by atoms with Crippen molar-refractivity contribution >= 4 is 68.0 Å². The monoisotopic (exact) mass is 660 g/mol. The van der Waals surface area contributed by atoms with Crippen LogP contribution in [0, 0.1) is 3.57 Å². The van der Waals surface area contributed by atoms with Crippen LogP contribution in [-0.2, 0) is 9.59 Å². The summed E-state index contributed by atoms with van der Waals surface area (Å²) in [4.78, 5) is 44.5. The first-order valence-electron chi connectivity index (χ1n) is 10.3. The Bertz CT molecular complexity index is 1160. The number of pyridine rings is 1. The molecule has 0 bridgehead atoms. The van der Waals surface area contributed by atoms with Gasteiger partial charge in [-0.3, -0.25) is 24.4 Å². The summed E-state index contributed by atoms with van der Waals surface area (Å²) in [5.74, 6) is -2.08. The Labute approximate surface area is 221 Å². The van der Waals surface area contributed by atoms with Crippen molar-refractivity contribution in [2.24, 2.45) is 4.99 Å². The zero-order valence-electron chi connectivity index (χ0n) is 18.1. The number of aliphatic imine (C=N–C) groups is 1. The molecule has 1 aliphatic heterocycles. The number of aromatic nitrogens is 1. The second-order valence-electron chi connectivity index (χ2n) is 7.54. The van der Waals surface area contributed by atoms with Crippen LogP contribution in [0.1, 0.15) is 28.4 Å². The van der Waals surface area contributed by atoms with Crippen molar-refractivity contribution in [1.82, 2.24) is 20.9 Å². The third kappa shape index (κ3) is 7.76. The molecular formula is C21H22BrIN6O6. The first-order chi connectivity index (χ1) is 16.6. The minimum absolute atomic E-state index is 0.133. The quantitative estimate of drug-likeness (QED) is 0.203. The molecule has 0 aliphatic carbocycles. The van der Waals surface area contributed by atoms with Gasteiger partial charge in [0.2, 0.25) is 5.91 Å². The van der Waals surface area contributed by atoms with E-state index >= 15 is 0 Å². The highest BCUT2D eigenvalue weighted by Crippen LogP contribution is 2.34. The Balaban J connectivity index is 1.62. The Kier molecular flexibility index (Phi) is 9.22. The lowest BCUT2D eigenvalue weighted by Gasteiger charge is -2.20. The molecule has 3 rings (SSSR count). The number of aromatic hydroxyl groups is 1. The number of carboxylic acid groups (broad SMARTS) is 1. The van der Waals surface area contributed by atoms with Gasteiger partial charge in [-0.25, -0.2) is 0 Å². The largest absolute Gasteiger partial charge is 0.506 e. The van der Waals surface area contributed by atoms with Crippen molar-refractivity contribution in [2.75, 3.05) is 25.0 Å². The molecule has 12 nitrogen and oxygen atoms in total. The van der Waals surface area contributed by atoms with E-state index in [0.29, 0.717) is 26.2 Å². The van der Waals surface area contributed by atoms with Crippen LogP contribution >= 0.6 is 38.5 Å². The molecule has 2 atom stereocenters. The smallest absolute Gasteiger partial charge is 0.305 e. The molecule has 7 N–H and O–H groups in total. The van der Waals surface area contributed by atoms with Crippen LogP contribution in [0.2, 0.25) is 0 Å². The standard InChI is InChI=1S/C21H22BrIN6O6/c22-11-2-14(19(34)15(23)3-11)16(4-18(32)33)29-17(31)9-25-20(35)10-1-12(6-24-5-10)28-21-26-7-13(30)8-27-21/h1-3,5-6,13,16,30,34H,4,7-9H2,(H,25,35)(H,29,31)(H,32,33)(H2,26,27,28)/t16-/m0/s1. The second kappa shape index (κ2) is 12.1. The third-order valence-electron chi connectivity index (χ3n) is 4.78. The third-order valence-corrected chi connectivity index (χ3v) is 6.07. The van der Waals surface area contributed by atoms with Gasteiger partial charge in [0.1, 0.15) is 5.75 Å². The summed E-state index contributed by atoms with van der Waals surface area (Å²) >= 11 is 5.19. The van der Waals surface area contributed by atoms with E-state index in [9.17, 15) is 29.7 Å². The molecule has 186 valence electrons. The van der Waals surface area contributed by atoms with Crippen LogP contribution in [0.5, 0.6) is 5.75 Å². The highest BCUT2D eigenvalue weighted by atomic mass is 127. The lowest BCUT2D eigenvalue weighted by Crippen LogP contribution is -2.42. The predicted molar refractivity (Wildman–Crippen MR) is 138 cm³/mol. The first-order valence-corrected chi connectivity index (χ1v) is 12.1. The summed E-state index contributed by atoms with van der Waals surface area (Å²) in [7, 11) is 0. The molecule has 1 aromatic carbocycles. The lowest BCUT2D eigenvalue weighted by molar-refractivity contribution is -0.137. The van der Waals surface area contributed by atoms with E-state index in [-0.39, 0.29) is 23.4 Å². The number of aliphatic carboxylic acids is 1. The fraction of sp³-hybridized carbons (Fsp3) is 0.286. The highest BCUT2D eigenvalue weighted by Gasteiger charge is 2.23. The zero-order chi connectivity index (χ0) is 25.5. The number of nitrogens with zero attached hydrogens (tertiary/aromatic N) is 2. The number of anilines is 1. The minimum Gasteiger partial charge on any atom is -0.506 e. The number of hydrogen-bond acceptors (Lipinski definition) is 9. The molecule has 2 aromatic rings. The normalized spacial score (nSPS) is 15.9. The van der Waals surface area contributed by atoms with Gasteiger partial charge in [-0.15, -0.1) is 0 Å². The van der Waals surface area contributed by atoms with E-state index in [1.54, 1.807) is 6.07 Å². The SMILES string of the molecule is O=C(O)C[C@H](NC(=O)CNC(=O)c1cncc(NC2=NCC(O)CN2)c1)c1cc(Br)cc(I)c1O. The van der Waals surface area contributed by atoms with Crippen LogP contribution in [0.25, 0.3) is 0 Å². The number of amides is 2. The second-order valence-corrected chi connectivity index (χ2v) is 9.62. The average molecular weight is 661 g/mol. The van der Waals surface area contributed by atoms with E-state index < -0.39 is 42.9 Å². The Morgan fingerprint density at radius 1 is 1.26 bits per heavy atom. The molecule has 1 aromatic heterocycles. The van der Waals surface area contributed by atoms with Crippen molar-refractivity contribution in [2.45, 2.75) is 18.6 Å². The van der Waals surface area contributed by atoms with Gasteiger partial charge >= 0.3 is 5.97 Å². The maximum absolute atomic E-state index is 12.5. The molecule has 1 aliphatic rings. The minimum atomic E-state index is -1.17. The van der Waals surface area contributed by atoms with Gasteiger partial charge in [-0.05, 0) is 40.8 Å². The van der Waals surface area contributed by atoms with Gasteiger partial charge in [0.15, 0.2) is 5.96 Å². The number of phenols is 1. The number of guanidine groups is 1. The molecule has 2 amide bonds. The number of benzene rings is 1. The fourth-order valence-electron chi connectivity index (χ4n) is 3.16. The first kappa shape index (κ1) is 26.6. The number of β-amino-alcohol motifs (C(OH)–C–C–N with tert-alkyl or cyclic N) is 1. The lowest BCUT2D eigenvalue weighted by atomic mass is 10.0. The summed E-state index contributed by atoms with van der Waals surface area (Å²) < 4.78 is 1.09. The molecule has 0 fully saturated rings. The Morgan fingerprint density at radius 2 is 2.03 bits per heavy atom. The van der Waals surface area contributed by atoms with Gasteiger partial charge in [0.05, 0.1) is 52.7 Å². The van der Waals surface area contributed by atoms with Gasteiger partial charge in [-0.2, -0.15) is 0 Å². The van der Waals surface area contributed by atoms with Crippen molar-refractivity contribution in [3.8, 4) is 5.75 Å². The molecule has 2 heterocycles. The molecule has 1 unspecified atom stereocenters. The number of nitrogens with one attached hydrogen (secondary N) is 4. The predicted octanol–water partition coefficient (Wildman–Crippen LogP) is 0.948. The number of rotatable bonds is 8. The number of aliphatic hydroxyl groups excluding tert-OH is 1. The molecule has 14 heteroatoms. The van der Waals surface area contributed by atoms with Crippen LogP contribution in [0.15, 0.2) is 40.1 Å². The van der Waals surface area contributed by atoms with E-state index in [1.807, 2.05) is 22.6 Å². The van der Waals surface area contributed by atoms with Crippen molar-refractivity contribution in [3.05, 3.63) is 49.8 Å². The van der Waals surface area contributed by atoms with Crippen molar-refractivity contribution in [1.29, 1.82) is 0 Å². The summed E-state index contributed by atoms with van der Waals surface area (Å²) in [6.07, 6.45) is 1.79. The molecular weight excluding hydrogens is 639 g/mol. The summed E-state index contributed by atoms with van der Waals surface area (Å²) in [6, 6.07) is 3.68. The Hall–Kier alpha value is -2.98. The summed E-state index contributed by atoms with van der Waals surface area (Å²) in [5, 5.41) is 40.0. The number of carboxylic acids is 1. The maximum Gasteiger partial charge on any atom is 0.305 e. The zero-order valence-corrected chi connectivity index (χ0v) is 21.8. The number of hydrogen-bond donors (Lipinski definition) is 7. The van der Waals surface area contributed by atoms with Crippen LogP contribution in [0.3, 0.4) is 0 Å². The Morgan fingerprint density at radius 3 is 2.71 bits per heavy atom. The van der Waals surface area contributed by atoms with E-state index in [0.717, 1.165) is 0 Å². The molecule has 35 heavy (non-hydrogen) atoms.